The lowest BCUT2D eigenvalue weighted by Gasteiger charge is -2.03. The van der Waals surface area contributed by atoms with E-state index in [1.165, 1.54) is 12.1 Å². The molecule has 5 heteroatoms. The molecule has 0 aliphatic carbocycles. The Labute approximate surface area is 85.4 Å². The molecule has 0 atom stereocenters. The van der Waals surface area contributed by atoms with E-state index in [2.05, 4.69) is 0 Å². The first-order valence-corrected chi connectivity index (χ1v) is 4.44. The van der Waals surface area contributed by atoms with Gasteiger partial charge in [0.15, 0.2) is 0 Å². The standard InChI is InChI=1S/C8H7Cl2NO2/c1-2-5-7(11(12)13)4-3-6(9)8(5)10/h3-4H,2H2,1H3. The van der Waals surface area contributed by atoms with Gasteiger partial charge < -0.3 is 0 Å². The molecule has 1 rings (SSSR count). The van der Waals surface area contributed by atoms with E-state index in [1.807, 2.05) is 0 Å². The van der Waals surface area contributed by atoms with Crippen molar-refractivity contribution in [2.75, 3.05) is 0 Å². The number of nitro groups is 1. The quantitative estimate of drug-likeness (QED) is 0.565. The molecule has 0 saturated carbocycles. The number of nitrogens with zero attached hydrogens (tertiary/aromatic N) is 1. The fourth-order valence-electron chi connectivity index (χ4n) is 1.09. The lowest BCUT2D eigenvalue weighted by molar-refractivity contribution is -0.385. The highest BCUT2D eigenvalue weighted by Crippen LogP contribution is 2.32. The van der Waals surface area contributed by atoms with Gasteiger partial charge in [0.25, 0.3) is 5.69 Å². The average molecular weight is 220 g/mol. The van der Waals surface area contributed by atoms with Crippen LogP contribution in [0.25, 0.3) is 0 Å². The third-order valence-electron chi connectivity index (χ3n) is 1.72. The van der Waals surface area contributed by atoms with Gasteiger partial charge in [-0.1, -0.05) is 30.1 Å². The minimum absolute atomic E-state index is 0.0249. The van der Waals surface area contributed by atoms with Crippen LogP contribution in [-0.2, 0) is 6.42 Å². The molecule has 0 N–H and O–H groups in total. The summed E-state index contributed by atoms with van der Waals surface area (Å²) in [5.41, 5.74) is 0.510. The zero-order chi connectivity index (χ0) is 10.0. The van der Waals surface area contributed by atoms with Crippen molar-refractivity contribution in [2.24, 2.45) is 0 Å². The Kier molecular flexibility index (Phi) is 3.12. The monoisotopic (exact) mass is 219 g/mol. The first-order valence-electron chi connectivity index (χ1n) is 3.69. The maximum Gasteiger partial charge on any atom is 0.274 e. The topological polar surface area (TPSA) is 43.1 Å². The summed E-state index contributed by atoms with van der Waals surface area (Å²) in [6.07, 6.45) is 0.496. The van der Waals surface area contributed by atoms with Crippen LogP contribution in [0.15, 0.2) is 12.1 Å². The van der Waals surface area contributed by atoms with Gasteiger partial charge in [-0.2, -0.15) is 0 Å². The molecule has 13 heavy (non-hydrogen) atoms. The summed E-state index contributed by atoms with van der Waals surface area (Å²) in [6.45, 7) is 1.80. The highest BCUT2D eigenvalue weighted by atomic mass is 35.5. The summed E-state index contributed by atoms with van der Waals surface area (Å²) in [6, 6.07) is 2.80. The lowest BCUT2D eigenvalue weighted by atomic mass is 10.1. The average Bonchev–Trinajstić information content (AvgIpc) is 2.09. The van der Waals surface area contributed by atoms with E-state index in [0.717, 1.165) is 0 Å². The Morgan fingerprint density at radius 2 is 2.08 bits per heavy atom. The highest BCUT2D eigenvalue weighted by molar-refractivity contribution is 6.42. The second kappa shape index (κ2) is 3.94. The molecule has 1 aromatic carbocycles. The molecule has 0 saturated heterocycles. The largest absolute Gasteiger partial charge is 0.274 e. The molecular formula is C8H7Cl2NO2. The second-order valence-corrected chi connectivity index (χ2v) is 3.25. The molecule has 0 amide bonds. The third kappa shape index (κ3) is 1.92. The highest BCUT2D eigenvalue weighted by Gasteiger charge is 2.16. The molecule has 0 bridgehead atoms. The molecule has 0 unspecified atom stereocenters. The predicted octanol–water partition coefficient (Wildman–Crippen LogP) is 3.46. The summed E-state index contributed by atoms with van der Waals surface area (Å²) in [4.78, 5) is 10.1. The lowest BCUT2D eigenvalue weighted by Crippen LogP contribution is -1.95. The Bertz CT molecular complexity index is 352. The number of nitro benzene ring substituents is 1. The van der Waals surface area contributed by atoms with E-state index < -0.39 is 4.92 Å². The van der Waals surface area contributed by atoms with E-state index in [1.54, 1.807) is 6.92 Å². The molecule has 0 radical (unpaired) electrons. The Balaban J connectivity index is 3.38. The molecule has 70 valence electrons. The van der Waals surface area contributed by atoms with Crippen LogP contribution >= 0.6 is 23.2 Å². The maximum absolute atomic E-state index is 10.5. The van der Waals surface area contributed by atoms with Crippen LogP contribution < -0.4 is 0 Å². The number of halogens is 2. The first-order chi connectivity index (χ1) is 6.07. The minimum Gasteiger partial charge on any atom is -0.258 e. The van der Waals surface area contributed by atoms with Gasteiger partial charge >= 0.3 is 0 Å². The van der Waals surface area contributed by atoms with Crippen molar-refractivity contribution in [1.82, 2.24) is 0 Å². The van der Waals surface area contributed by atoms with Crippen molar-refractivity contribution in [2.45, 2.75) is 13.3 Å². The van der Waals surface area contributed by atoms with E-state index in [9.17, 15) is 10.1 Å². The van der Waals surface area contributed by atoms with Crippen molar-refractivity contribution in [1.29, 1.82) is 0 Å². The van der Waals surface area contributed by atoms with Gasteiger partial charge in [-0.15, -0.1) is 0 Å². The fourth-order valence-corrected chi connectivity index (χ4v) is 1.56. The van der Waals surface area contributed by atoms with Crippen LogP contribution in [0.3, 0.4) is 0 Å². The molecule has 0 aliphatic heterocycles. The number of rotatable bonds is 2. The van der Waals surface area contributed by atoms with Gasteiger partial charge in [0.1, 0.15) is 0 Å². The molecule has 0 aliphatic rings. The summed E-state index contributed by atoms with van der Waals surface area (Å²) in [5, 5.41) is 11.2. The molecule has 0 fully saturated rings. The van der Waals surface area contributed by atoms with Crippen molar-refractivity contribution in [3.05, 3.63) is 37.9 Å². The molecule has 1 aromatic rings. The summed E-state index contributed by atoms with van der Waals surface area (Å²) < 4.78 is 0. The Morgan fingerprint density at radius 1 is 1.46 bits per heavy atom. The van der Waals surface area contributed by atoms with Crippen molar-refractivity contribution in [3.8, 4) is 0 Å². The Hall–Kier alpha value is -0.800. The zero-order valence-corrected chi connectivity index (χ0v) is 8.39. The predicted molar refractivity (Wildman–Crippen MR) is 52.5 cm³/mol. The summed E-state index contributed by atoms with van der Waals surface area (Å²) in [7, 11) is 0. The van der Waals surface area contributed by atoms with Crippen molar-refractivity contribution >= 4 is 28.9 Å². The molecule has 3 nitrogen and oxygen atoms in total. The SMILES string of the molecule is CCc1c([N+](=O)[O-])ccc(Cl)c1Cl. The fraction of sp³-hybridized carbons (Fsp3) is 0.250. The summed E-state index contributed by atoms with van der Waals surface area (Å²) in [5.74, 6) is 0. The number of hydrogen-bond donors (Lipinski definition) is 0. The van der Waals surface area contributed by atoms with Gasteiger partial charge in [0, 0.05) is 11.6 Å². The van der Waals surface area contributed by atoms with Gasteiger partial charge in [-0.25, -0.2) is 0 Å². The minimum atomic E-state index is -0.457. The van der Waals surface area contributed by atoms with Crippen LogP contribution in [0, 0.1) is 10.1 Å². The van der Waals surface area contributed by atoms with Gasteiger partial charge in [0.05, 0.1) is 15.0 Å². The van der Waals surface area contributed by atoms with Gasteiger partial charge in [-0.3, -0.25) is 10.1 Å². The Morgan fingerprint density at radius 3 is 2.54 bits per heavy atom. The smallest absolute Gasteiger partial charge is 0.258 e. The van der Waals surface area contributed by atoms with Gasteiger partial charge in [0.2, 0.25) is 0 Å². The third-order valence-corrected chi connectivity index (χ3v) is 2.57. The molecule has 0 aromatic heterocycles. The second-order valence-electron chi connectivity index (χ2n) is 2.47. The van der Waals surface area contributed by atoms with E-state index in [4.69, 9.17) is 23.2 Å². The van der Waals surface area contributed by atoms with Crippen molar-refractivity contribution in [3.63, 3.8) is 0 Å². The maximum atomic E-state index is 10.5. The van der Waals surface area contributed by atoms with Crippen LogP contribution in [0.2, 0.25) is 10.0 Å². The molecular weight excluding hydrogens is 213 g/mol. The zero-order valence-electron chi connectivity index (χ0n) is 6.88. The van der Waals surface area contributed by atoms with Crippen LogP contribution in [-0.4, -0.2) is 4.92 Å². The van der Waals surface area contributed by atoms with Crippen LogP contribution in [0.5, 0.6) is 0 Å². The number of benzene rings is 1. The van der Waals surface area contributed by atoms with E-state index >= 15 is 0 Å². The molecule has 0 spiro atoms. The van der Waals surface area contributed by atoms with Gasteiger partial charge in [-0.05, 0) is 12.5 Å². The van der Waals surface area contributed by atoms with Crippen LogP contribution in [0.1, 0.15) is 12.5 Å². The summed E-state index contributed by atoms with van der Waals surface area (Å²) >= 11 is 11.5. The van der Waals surface area contributed by atoms with E-state index in [0.29, 0.717) is 17.0 Å². The van der Waals surface area contributed by atoms with Crippen LogP contribution in [0.4, 0.5) is 5.69 Å². The van der Waals surface area contributed by atoms with Crippen molar-refractivity contribution < 1.29 is 4.92 Å². The van der Waals surface area contributed by atoms with E-state index in [-0.39, 0.29) is 10.7 Å². The molecule has 0 heterocycles. The normalized spacial score (nSPS) is 10.1. The first kappa shape index (κ1) is 10.3. The number of hydrogen-bond acceptors (Lipinski definition) is 2.